The number of nitrogens with one attached hydrogen (secondary N) is 1. The maximum Gasteiger partial charge on any atom is 0.0459 e. The van der Waals surface area contributed by atoms with Crippen LogP contribution in [-0.2, 0) is 0 Å². The number of hydrogen-bond donors (Lipinski definition) is 1. The lowest BCUT2D eigenvalue weighted by molar-refractivity contribution is 0.308. The maximum atomic E-state index is 3.23. The number of rotatable bonds is 0. The predicted octanol–water partition coefficient (Wildman–Crippen LogP) is 8.23. The SMILES string of the molecule is CC1CCC(C)CC1.Cc1ccc(C)c(C)c1.Cc1ccc2c(C)c[nH]c2c1. The third-order valence-electron chi connectivity index (χ3n) is 6.01. The zero-order chi connectivity index (χ0) is 20.7. The van der Waals surface area contributed by atoms with Crippen LogP contribution >= 0.6 is 0 Å². The van der Waals surface area contributed by atoms with Gasteiger partial charge in [0.25, 0.3) is 0 Å². The number of aromatic amines is 1. The number of aromatic nitrogens is 1. The van der Waals surface area contributed by atoms with Crippen LogP contribution in [0.15, 0.2) is 42.6 Å². The summed E-state index contributed by atoms with van der Waals surface area (Å²) in [6.45, 7) is 15.4. The fourth-order valence-corrected chi connectivity index (χ4v) is 3.70. The van der Waals surface area contributed by atoms with Gasteiger partial charge in [-0.2, -0.15) is 0 Å². The second-order valence-electron chi connectivity index (χ2n) is 8.97. The Hall–Kier alpha value is -2.02. The molecule has 152 valence electrons. The molecule has 0 radical (unpaired) electrons. The third kappa shape index (κ3) is 6.86. The minimum atomic E-state index is 1.02. The highest BCUT2D eigenvalue weighted by Gasteiger charge is 2.13. The van der Waals surface area contributed by atoms with Crippen LogP contribution in [0.25, 0.3) is 10.9 Å². The van der Waals surface area contributed by atoms with Crippen molar-refractivity contribution >= 4 is 10.9 Å². The van der Waals surface area contributed by atoms with Crippen molar-refractivity contribution in [1.82, 2.24) is 4.98 Å². The van der Waals surface area contributed by atoms with Gasteiger partial charge >= 0.3 is 0 Å². The van der Waals surface area contributed by atoms with E-state index in [1.807, 2.05) is 6.20 Å². The van der Waals surface area contributed by atoms with E-state index in [0.717, 1.165) is 11.8 Å². The van der Waals surface area contributed by atoms with Crippen LogP contribution in [0.3, 0.4) is 0 Å². The molecule has 0 bridgehead atoms. The van der Waals surface area contributed by atoms with Gasteiger partial charge in [0.05, 0.1) is 0 Å². The Labute approximate surface area is 172 Å². The third-order valence-corrected chi connectivity index (χ3v) is 6.01. The molecule has 1 saturated carbocycles. The summed E-state index contributed by atoms with van der Waals surface area (Å²) in [5.41, 5.74) is 7.97. The molecule has 1 heterocycles. The van der Waals surface area contributed by atoms with Crippen LogP contribution in [0.1, 0.15) is 67.3 Å². The van der Waals surface area contributed by atoms with E-state index in [-0.39, 0.29) is 0 Å². The molecule has 1 aliphatic rings. The van der Waals surface area contributed by atoms with E-state index >= 15 is 0 Å². The molecule has 1 aliphatic carbocycles. The first kappa shape index (κ1) is 22.3. The van der Waals surface area contributed by atoms with E-state index in [4.69, 9.17) is 0 Å². The van der Waals surface area contributed by atoms with Crippen LogP contribution in [0, 0.1) is 46.5 Å². The number of hydrogen-bond acceptors (Lipinski definition) is 0. The van der Waals surface area contributed by atoms with Crippen molar-refractivity contribution in [2.75, 3.05) is 0 Å². The van der Waals surface area contributed by atoms with Crippen LogP contribution in [0.5, 0.6) is 0 Å². The van der Waals surface area contributed by atoms with E-state index in [1.165, 1.54) is 64.4 Å². The lowest BCUT2D eigenvalue weighted by Gasteiger charge is -2.22. The first-order valence-electron chi connectivity index (χ1n) is 10.8. The molecular weight excluding hydrogens is 338 g/mol. The molecular formula is C27H39N. The lowest BCUT2D eigenvalue weighted by atomic mass is 9.84. The van der Waals surface area contributed by atoms with Gasteiger partial charge in [0.15, 0.2) is 0 Å². The molecule has 1 fully saturated rings. The highest BCUT2D eigenvalue weighted by Crippen LogP contribution is 2.27. The summed E-state index contributed by atoms with van der Waals surface area (Å²) in [4.78, 5) is 3.23. The molecule has 4 rings (SSSR count). The fourth-order valence-electron chi connectivity index (χ4n) is 3.70. The Kier molecular flexibility index (Phi) is 8.35. The van der Waals surface area contributed by atoms with Crippen molar-refractivity contribution < 1.29 is 0 Å². The average molecular weight is 378 g/mol. The minimum absolute atomic E-state index is 1.02. The highest BCUT2D eigenvalue weighted by atomic mass is 14.7. The molecule has 0 atom stereocenters. The quantitative estimate of drug-likeness (QED) is 0.406. The monoisotopic (exact) mass is 377 g/mol. The molecule has 1 nitrogen and oxygen atoms in total. The molecule has 0 saturated heterocycles. The van der Waals surface area contributed by atoms with E-state index < -0.39 is 0 Å². The van der Waals surface area contributed by atoms with Crippen molar-refractivity contribution in [3.05, 3.63) is 70.4 Å². The maximum absolute atomic E-state index is 3.23. The molecule has 0 aliphatic heterocycles. The van der Waals surface area contributed by atoms with E-state index in [2.05, 4.69) is 89.8 Å². The van der Waals surface area contributed by atoms with Crippen molar-refractivity contribution in [3.63, 3.8) is 0 Å². The Morgan fingerprint density at radius 3 is 1.71 bits per heavy atom. The van der Waals surface area contributed by atoms with Crippen molar-refractivity contribution in [2.45, 2.75) is 74.1 Å². The molecule has 28 heavy (non-hydrogen) atoms. The molecule has 0 spiro atoms. The average Bonchev–Trinajstić information content (AvgIpc) is 3.02. The number of benzene rings is 2. The summed E-state index contributed by atoms with van der Waals surface area (Å²) in [6, 6.07) is 13.0. The normalized spacial score (nSPS) is 18.7. The Morgan fingerprint density at radius 2 is 1.18 bits per heavy atom. The first-order chi connectivity index (χ1) is 13.3. The summed E-state index contributed by atoms with van der Waals surface area (Å²) >= 11 is 0. The number of H-pyrrole nitrogens is 1. The van der Waals surface area contributed by atoms with E-state index in [1.54, 1.807) is 0 Å². The first-order valence-corrected chi connectivity index (χ1v) is 10.8. The van der Waals surface area contributed by atoms with Gasteiger partial charge in [-0.3, -0.25) is 0 Å². The van der Waals surface area contributed by atoms with Crippen LogP contribution in [0.4, 0.5) is 0 Å². The van der Waals surface area contributed by atoms with E-state index in [9.17, 15) is 0 Å². The molecule has 3 aromatic rings. The Morgan fingerprint density at radius 1 is 0.643 bits per heavy atom. The summed E-state index contributed by atoms with van der Waals surface area (Å²) < 4.78 is 0. The summed E-state index contributed by atoms with van der Waals surface area (Å²) in [5, 5.41) is 1.33. The molecule has 1 heteroatoms. The van der Waals surface area contributed by atoms with Gasteiger partial charge < -0.3 is 4.98 Å². The van der Waals surface area contributed by atoms with Gasteiger partial charge in [-0.25, -0.2) is 0 Å². The van der Waals surface area contributed by atoms with Crippen molar-refractivity contribution in [1.29, 1.82) is 0 Å². The standard InChI is InChI=1S/C10H11N.C9H12.C8H16/c1-7-3-4-9-8(2)6-11-10(9)5-7;1-7-4-5-8(2)9(3)6-7;1-7-3-5-8(2)6-4-7/h3-6,11H,1-2H3;4-6H,1-3H3;7-8H,3-6H2,1-2H3. The number of fused-ring (bicyclic) bond motifs is 1. The zero-order valence-electron chi connectivity index (χ0n) is 19.0. The van der Waals surface area contributed by atoms with Crippen LogP contribution in [0.2, 0.25) is 0 Å². The minimum Gasteiger partial charge on any atom is -0.361 e. The van der Waals surface area contributed by atoms with Gasteiger partial charge in [0.1, 0.15) is 0 Å². The molecule has 1 N–H and O–H groups in total. The summed E-state index contributed by atoms with van der Waals surface area (Å²) in [5.74, 6) is 2.04. The Balaban J connectivity index is 0.000000153. The van der Waals surface area contributed by atoms with Gasteiger partial charge in [-0.1, -0.05) is 75.4 Å². The molecule has 1 aromatic heterocycles. The molecule has 0 amide bonds. The van der Waals surface area contributed by atoms with Gasteiger partial charge in [-0.15, -0.1) is 0 Å². The van der Waals surface area contributed by atoms with Gasteiger partial charge in [-0.05, 0) is 74.8 Å². The molecule has 2 aromatic carbocycles. The smallest absolute Gasteiger partial charge is 0.0459 e. The highest BCUT2D eigenvalue weighted by molar-refractivity contribution is 5.83. The predicted molar refractivity (Wildman–Crippen MR) is 125 cm³/mol. The van der Waals surface area contributed by atoms with E-state index in [0.29, 0.717) is 0 Å². The van der Waals surface area contributed by atoms with Crippen LogP contribution in [-0.4, -0.2) is 4.98 Å². The fraction of sp³-hybridized carbons (Fsp3) is 0.481. The zero-order valence-corrected chi connectivity index (χ0v) is 19.0. The van der Waals surface area contributed by atoms with Gasteiger partial charge in [0, 0.05) is 17.1 Å². The lowest BCUT2D eigenvalue weighted by Crippen LogP contribution is -2.08. The van der Waals surface area contributed by atoms with Gasteiger partial charge in [0.2, 0.25) is 0 Å². The number of aryl methyl sites for hydroxylation is 5. The molecule has 0 unspecified atom stereocenters. The summed E-state index contributed by atoms with van der Waals surface area (Å²) in [6.07, 6.45) is 7.94. The second-order valence-corrected chi connectivity index (χ2v) is 8.97. The van der Waals surface area contributed by atoms with Crippen molar-refractivity contribution in [3.8, 4) is 0 Å². The second kappa shape index (κ2) is 10.5. The Bertz CT molecular complexity index is 853. The van der Waals surface area contributed by atoms with Crippen LogP contribution < -0.4 is 0 Å². The topological polar surface area (TPSA) is 15.8 Å². The summed E-state index contributed by atoms with van der Waals surface area (Å²) in [7, 11) is 0. The van der Waals surface area contributed by atoms with Crippen molar-refractivity contribution in [2.24, 2.45) is 11.8 Å². The largest absolute Gasteiger partial charge is 0.361 e.